The summed E-state index contributed by atoms with van der Waals surface area (Å²) in [6, 6.07) is 12.2. The van der Waals surface area contributed by atoms with E-state index in [1.54, 1.807) is 11.3 Å². The van der Waals surface area contributed by atoms with Gasteiger partial charge in [0, 0.05) is 25.3 Å². The van der Waals surface area contributed by atoms with Gasteiger partial charge in [0.25, 0.3) is 5.91 Å². The van der Waals surface area contributed by atoms with E-state index >= 15 is 0 Å². The van der Waals surface area contributed by atoms with Gasteiger partial charge >= 0.3 is 0 Å². The van der Waals surface area contributed by atoms with Crippen molar-refractivity contribution in [2.24, 2.45) is 0 Å². The van der Waals surface area contributed by atoms with Gasteiger partial charge in [-0.2, -0.15) is 0 Å². The molecule has 5 nitrogen and oxygen atoms in total. The second kappa shape index (κ2) is 6.51. The lowest BCUT2D eigenvalue weighted by Gasteiger charge is -2.22. The number of likely N-dealkylation sites (N-methyl/N-ethyl adjacent to an activating group) is 1. The first-order chi connectivity index (χ1) is 11.7. The molecule has 24 heavy (non-hydrogen) atoms. The van der Waals surface area contributed by atoms with Gasteiger partial charge in [-0.05, 0) is 31.2 Å². The minimum Gasteiger partial charge on any atom is -0.337 e. The number of para-hydroxylation sites is 1. The third-order valence-electron chi connectivity index (χ3n) is 4.23. The summed E-state index contributed by atoms with van der Waals surface area (Å²) in [6.45, 7) is 1.86. The molecule has 0 aliphatic carbocycles. The summed E-state index contributed by atoms with van der Waals surface area (Å²) in [4.78, 5) is 20.8. The number of benzene rings is 1. The quantitative estimate of drug-likeness (QED) is 0.749. The molecule has 1 saturated heterocycles. The molecule has 1 aliphatic heterocycles. The second-order valence-corrected chi connectivity index (χ2v) is 7.91. The predicted molar refractivity (Wildman–Crippen MR) is 101 cm³/mol. The molecule has 3 aromatic rings. The number of carbonyl (C=O) groups excluding carboxylic acids is 1. The molecule has 4 rings (SSSR count). The number of hydrogen-bond acceptors (Lipinski definition) is 6. The van der Waals surface area contributed by atoms with Crippen molar-refractivity contribution >= 4 is 48.9 Å². The Morgan fingerprint density at radius 1 is 1.33 bits per heavy atom. The van der Waals surface area contributed by atoms with Crippen molar-refractivity contribution in [3.63, 3.8) is 0 Å². The number of thiazole rings is 1. The van der Waals surface area contributed by atoms with E-state index in [-0.39, 0.29) is 5.91 Å². The average Bonchev–Trinajstić information content (AvgIpc) is 3.30. The second-order valence-electron chi connectivity index (χ2n) is 5.85. The highest BCUT2D eigenvalue weighted by atomic mass is 32.1. The molecule has 2 N–H and O–H groups in total. The van der Waals surface area contributed by atoms with E-state index in [4.69, 9.17) is 0 Å². The Balaban J connectivity index is 1.52. The summed E-state index contributed by atoms with van der Waals surface area (Å²) in [5.74, 6) is 0.0940. The zero-order valence-electron chi connectivity index (χ0n) is 13.3. The monoisotopic (exact) mass is 358 g/mol. The topological polar surface area (TPSA) is 57.3 Å². The third kappa shape index (κ3) is 3.02. The number of hydrogen-bond donors (Lipinski definition) is 2. The van der Waals surface area contributed by atoms with Gasteiger partial charge in [-0.1, -0.05) is 29.5 Å². The van der Waals surface area contributed by atoms with Gasteiger partial charge in [-0.3, -0.25) is 4.79 Å². The number of rotatable bonds is 4. The molecule has 2 aromatic heterocycles. The number of aromatic nitrogens is 1. The fraction of sp³-hybridized carbons (Fsp3) is 0.294. The van der Waals surface area contributed by atoms with Gasteiger partial charge in [0.15, 0.2) is 5.13 Å². The molecule has 3 heterocycles. The summed E-state index contributed by atoms with van der Waals surface area (Å²) >= 11 is 3.05. The Kier molecular flexibility index (Phi) is 4.22. The van der Waals surface area contributed by atoms with E-state index in [1.165, 1.54) is 11.3 Å². The van der Waals surface area contributed by atoms with Crippen molar-refractivity contribution in [1.82, 2.24) is 15.2 Å². The Labute approximate surface area is 148 Å². The van der Waals surface area contributed by atoms with E-state index in [1.807, 2.05) is 48.3 Å². The largest absolute Gasteiger partial charge is 0.337 e. The van der Waals surface area contributed by atoms with Crippen molar-refractivity contribution in [3.05, 3.63) is 41.3 Å². The number of thiophene rings is 1. The summed E-state index contributed by atoms with van der Waals surface area (Å²) in [5.41, 5.74) is 1.02. The minimum absolute atomic E-state index is 0.0940. The Morgan fingerprint density at radius 2 is 2.17 bits per heavy atom. The molecule has 1 amide bonds. The highest BCUT2D eigenvalue weighted by Crippen LogP contribution is 2.34. The minimum atomic E-state index is 0.0940. The Bertz CT molecular complexity index is 820. The Morgan fingerprint density at radius 3 is 2.88 bits per heavy atom. The van der Waals surface area contributed by atoms with Gasteiger partial charge in [-0.25, -0.2) is 4.98 Å². The van der Waals surface area contributed by atoms with E-state index in [0.717, 1.165) is 44.7 Å². The molecule has 1 fully saturated rings. The summed E-state index contributed by atoms with van der Waals surface area (Å²) in [6.07, 6.45) is 1.02. The van der Waals surface area contributed by atoms with E-state index in [2.05, 4.69) is 15.6 Å². The lowest BCUT2D eigenvalue weighted by Crippen LogP contribution is -2.37. The Hall–Kier alpha value is -1.96. The molecule has 1 aromatic carbocycles. The van der Waals surface area contributed by atoms with E-state index in [0.29, 0.717) is 6.04 Å². The number of anilines is 2. The molecule has 1 unspecified atom stereocenters. The lowest BCUT2D eigenvalue weighted by molar-refractivity contribution is 0.0749. The van der Waals surface area contributed by atoms with Crippen LogP contribution in [-0.2, 0) is 0 Å². The number of nitrogens with zero attached hydrogens (tertiary/aromatic N) is 2. The van der Waals surface area contributed by atoms with Crippen LogP contribution in [0.4, 0.5) is 10.8 Å². The molecule has 0 spiro atoms. The van der Waals surface area contributed by atoms with Crippen LogP contribution in [0.5, 0.6) is 0 Å². The third-order valence-corrected chi connectivity index (χ3v) is 6.29. The molecule has 0 radical (unpaired) electrons. The van der Waals surface area contributed by atoms with Crippen LogP contribution in [0.25, 0.3) is 9.53 Å². The summed E-state index contributed by atoms with van der Waals surface area (Å²) < 4.78 is 1.06. The number of nitrogens with one attached hydrogen (secondary N) is 2. The summed E-state index contributed by atoms with van der Waals surface area (Å²) in [5, 5.41) is 7.47. The van der Waals surface area contributed by atoms with Gasteiger partial charge in [-0.15, -0.1) is 11.3 Å². The molecular weight excluding hydrogens is 340 g/mol. The van der Waals surface area contributed by atoms with Gasteiger partial charge in [0.1, 0.15) is 4.83 Å². The van der Waals surface area contributed by atoms with Crippen LogP contribution in [0.15, 0.2) is 36.4 Å². The average molecular weight is 358 g/mol. The molecule has 124 valence electrons. The van der Waals surface area contributed by atoms with Crippen molar-refractivity contribution in [1.29, 1.82) is 0 Å². The lowest BCUT2D eigenvalue weighted by atomic mass is 10.2. The van der Waals surface area contributed by atoms with Crippen molar-refractivity contribution in [2.75, 3.05) is 25.5 Å². The van der Waals surface area contributed by atoms with E-state index in [9.17, 15) is 4.79 Å². The molecule has 1 atom stereocenters. The van der Waals surface area contributed by atoms with Gasteiger partial charge in [0.2, 0.25) is 0 Å². The molecule has 0 bridgehead atoms. The van der Waals surface area contributed by atoms with Crippen LogP contribution < -0.4 is 10.6 Å². The standard InChI is InChI=1S/C17H18N4OS2/c1-21(12-7-8-18-10-12)16(22)14-9-13-15(23-14)20-17(24-13)19-11-5-3-2-4-6-11/h2-6,9,12,18H,7-8,10H2,1H3,(H,19,20). The predicted octanol–water partition coefficient (Wildman–Crippen LogP) is 3.54. The maximum atomic E-state index is 12.6. The molecule has 1 aliphatic rings. The van der Waals surface area contributed by atoms with Crippen LogP contribution >= 0.6 is 22.7 Å². The first-order valence-electron chi connectivity index (χ1n) is 7.91. The molecule has 0 saturated carbocycles. The van der Waals surface area contributed by atoms with Gasteiger partial charge in [0.05, 0.1) is 9.58 Å². The normalized spacial score (nSPS) is 17.3. The van der Waals surface area contributed by atoms with Crippen LogP contribution in [0.2, 0.25) is 0 Å². The maximum absolute atomic E-state index is 12.6. The number of amides is 1. The first-order valence-corrected chi connectivity index (χ1v) is 9.54. The van der Waals surface area contributed by atoms with Crippen molar-refractivity contribution < 1.29 is 4.79 Å². The maximum Gasteiger partial charge on any atom is 0.264 e. The van der Waals surface area contributed by atoms with Crippen LogP contribution in [-0.4, -0.2) is 42.0 Å². The van der Waals surface area contributed by atoms with E-state index < -0.39 is 0 Å². The molecule has 7 heteroatoms. The zero-order chi connectivity index (χ0) is 16.5. The van der Waals surface area contributed by atoms with Crippen LogP contribution in [0.3, 0.4) is 0 Å². The smallest absolute Gasteiger partial charge is 0.264 e. The van der Waals surface area contributed by atoms with Crippen molar-refractivity contribution in [2.45, 2.75) is 12.5 Å². The highest BCUT2D eigenvalue weighted by molar-refractivity contribution is 7.29. The van der Waals surface area contributed by atoms with Crippen LogP contribution in [0, 0.1) is 0 Å². The SMILES string of the molecule is CN(C(=O)c1cc2sc(Nc3ccccc3)nc2s1)C1CCNC1. The number of fused-ring (bicyclic) bond motifs is 1. The van der Waals surface area contributed by atoms with Gasteiger partial charge < -0.3 is 15.5 Å². The number of carbonyl (C=O) groups is 1. The first kappa shape index (κ1) is 15.6. The highest BCUT2D eigenvalue weighted by Gasteiger charge is 2.25. The zero-order valence-corrected chi connectivity index (χ0v) is 14.9. The van der Waals surface area contributed by atoms with Crippen LogP contribution in [0.1, 0.15) is 16.1 Å². The molecular formula is C17H18N4OS2. The fourth-order valence-corrected chi connectivity index (χ4v) is 4.97. The van der Waals surface area contributed by atoms with Crippen molar-refractivity contribution in [3.8, 4) is 0 Å². The summed E-state index contributed by atoms with van der Waals surface area (Å²) in [7, 11) is 1.89. The fourth-order valence-electron chi connectivity index (χ4n) is 2.85.